The maximum absolute atomic E-state index is 13.5. The molecule has 1 unspecified atom stereocenters. The second-order valence-electron chi connectivity index (χ2n) is 3.85. The van der Waals surface area contributed by atoms with Gasteiger partial charge in [-0.25, -0.2) is 9.37 Å². The highest BCUT2D eigenvalue weighted by molar-refractivity contribution is 7.09. The van der Waals surface area contributed by atoms with Gasteiger partial charge in [0.1, 0.15) is 5.82 Å². The number of aromatic nitrogens is 1. The van der Waals surface area contributed by atoms with Crippen LogP contribution in [0.2, 0.25) is 5.02 Å². The maximum Gasteiger partial charge on any atom is 0.126 e. The Kier molecular flexibility index (Phi) is 3.76. The summed E-state index contributed by atoms with van der Waals surface area (Å²) in [5, 5.41) is 0.523. The van der Waals surface area contributed by atoms with Crippen molar-refractivity contribution in [2.24, 2.45) is 5.73 Å². The highest BCUT2D eigenvalue weighted by Crippen LogP contribution is 2.25. The lowest BCUT2D eigenvalue weighted by molar-refractivity contribution is 0.594. The zero-order valence-corrected chi connectivity index (χ0v) is 10.9. The summed E-state index contributed by atoms with van der Waals surface area (Å²) in [5.41, 5.74) is 9.25. The lowest BCUT2D eigenvalue weighted by Gasteiger charge is -2.11. The third-order valence-electron chi connectivity index (χ3n) is 2.57. The Morgan fingerprint density at radius 3 is 2.94 bits per heavy atom. The summed E-state index contributed by atoms with van der Waals surface area (Å²) in [4.78, 5) is 5.13. The molecule has 0 spiro atoms. The minimum absolute atomic E-state index is 0.240. The number of thiazole rings is 1. The van der Waals surface area contributed by atoms with Crippen molar-refractivity contribution < 1.29 is 4.39 Å². The molecule has 0 aliphatic carbocycles. The number of benzene rings is 1. The smallest absolute Gasteiger partial charge is 0.126 e. The Balaban J connectivity index is 2.21. The molecule has 0 bridgehead atoms. The number of rotatable bonds is 3. The Labute approximate surface area is 108 Å². The van der Waals surface area contributed by atoms with Gasteiger partial charge in [-0.2, -0.15) is 0 Å². The molecule has 0 saturated carbocycles. The summed E-state index contributed by atoms with van der Waals surface area (Å²) < 4.78 is 13.5. The second-order valence-corrected chi connectivity index (χ2v) is 5.17. The van der Waals surface area contributed by atoms with Gasteiger partial charge in [0.15, 0.2) is 0 Å². The molecule has 1 aromatic carbocycles. The molecule has 2 nitrogen and oxygen atoms in total. The first-order valence-corrected chi connectivity index (χ1v) is 6.43. The first-order chi connectivity index (χ1) is 8.08. The van der Waals surface area contributed by atoms with Gasteiger partial charge >= 0.3 is 0 Å². The van der Waals surface area contributed by atoms with E-state index in [0.29, 0.717) is 17.0 Å². The number of nitrogens with zero attached hydrogens (tertiary/aromatic N) is 1. The highest BCUT2D eigenvalue weighted by Gasteiger charge is 2.14. The Morgan fingerprint density at radius 1 is 1.53 bits per heavy atom. The normalized spacial score (nSPS) is 12.7. The lowest BCUT2D eigenvalue weighted by Crippen LogP contribution is -2.14. The fourth-order valence-corrected chi connectivity index (χ4v) is 2.70. The van der Waals surface area contributed by atoms with E-state index < -0.39 is 0 Å². The van der Waals surface area contributed by atoms with Crippen molar-refractivity contribution >= 4 is 22.9 Å². The SMILES string of the molecule is Cc1ncsc1C(N)Cc1cc(Cl)ccc1F. The molecule has 1 atom stereocenters. The number of halogens is 2. The van der Waals surface area contributed by atoms with Crippen LogP contribution in [0.1, 0.15) is 22.2 Å². The average molecular weight is 271 g/mol. The van der Waals surface area contributed by atoms with Crippen molar-refractivity contribution in [3.63, 3.8) is 0 Å². The first kappa shape index (κ1) is 12.5. The van der Waals surface area contributed by atoms with E-state index in [4.69, 9.17) is 17.3 Å². The Bertz CT molecular complexity index is 527. The molecule has 2 aromatic rings. The molecule has 2 N–H and O–H groups in total. The summed E-state index contributed by atoms with van der Waals surface area (Å²) in [7, 11) is 0. The topological polar surface area (TPSA) is 38.9 Å². The van der Waals surface area contributed by atoms with Gasteiger partial charge in [-0.05, 0) is 37.1 Å². The summed E-state index contributed by atoms with van der Waals surface area (Å²) in [5.74, 6) is -0.271. The van der Waals surface area contributed by atoms with Crippen LogP contribution < -0.4 is 5.73 Å². The van der Waals surface area contributed by atoms with Crippen molar-refractivity contribution in [3.05, 3.63) is 50.7 Å². The van der Waals surface area contributed by atoms with Gasteiger partial charge in [-0.3, -0.25) is 0 Å². The molecular weight excluding hydrogens is 259 g/mol. The van der Waals surface area contributed by atoms with Crippen molar-refractivity contribution in [1.29, 1.82) is 0 Å². The fourth-order valence-electron chi connectivity index (χ4n) is 1.70. The molecule has 0 radical (unpaired) electrons. The van der Waals surface area contributed by atoms with Crippen LogP contribution in [0.4, 0.5) is 4.39 Å². The van der Waals surface area contributed by atoms with E-state index in [9.17, 15) is 4.39 Å². The van der Waals surface area contributed by atoms with Gasteiger partial charge in [0.05, 0.1) is 11.2 Å². The molecule has 0 fully saturated rings. The maximum atomic E-state index is 13.5. The van der Waals surface area contributed by atoms with Gasteiger partial charge in [0.25, 0.3) is 0 Å². The van der Waals surface area contributed by atoms with E-state index in [0.717, 1.165) is 10.6 Å². The third-order valence-corrected chi connectivity index (χ3v) is 3.86. The van der Waals surface area contributed by atoms with Crippen LogP contribution in [-0.4, -0.2) is 4.98 Å². The quantitative estimate of drug-likeness (QED) is 0.927. The van der Waals surface area contributed by atoms with E-state index in [1.807, 2.05) is 6.92 Å². The van der Waals surface area contributed by atoms with Gasteiger partial charge in [-0.1, -0.05) is 11.6 Å². The average Bonchev–Trinajstić information content (AvgIpc) is 2.70. The number of hydrogen-bond acceptors (Lipinski definition) is 3. The predicted octanol–water partition coefficient (Wildman–Crippen LogP) is 3.49. The van der Waals surface area contributed by atoms with Crippen molar-refractivity contribution in [3.8, 4) is 0 Å². The van der Waals surface area contributed by atoms with Gasteiger partial charge < -0.3 is 5.73 Å². The third kappa shape index (κ3) is 2.83. The number of nitrogens with two attached hydrogens (primary N) is 1. The first-order valence-electron chi connectivity index (χ1n) is 5.17. The van der Waals surface area contributed by atoms with Crippen LogP contribution in [-0.2, 0) is 6.42 Å². The molecular formula is C12H12ClFN2S. The largest absolute Gasteiger partial charge is 0.323 e. The predicted molar refractivity (Wildman–Crippen MR) is 68.9 cm³/mol. The van der Waals surface area contributed by atoms with Crippen LogP contribution in [0, 0.1) is 12.7 Å². The monoisotopic (exact) mass is 270 g/mol. The number of aryl methyl sites for hydroxylation is 1. The van der Waals surface area contributed by atoms with Gasteiger partial charge in [0.2, 0.25) is 0 Å². The molecule has 1 aromatic heterocycles. The summed E-state index contributed by atoms with van der Waals surface area (Å²) in [6.45, 7) is 1.90. The van der Waals surface area contributed by atoms with E-state index in [1.165, 1.54) is 23.5 Å². The van der Waals surface area contributed by atoms with Crippen molar-refractivity contribution in [2.45, 2.75) is 19.4 Å². The van der Waals surface area contributed by atoms with Crippen LogP contribution >= 0.6 is 22.9 Å². The zero-order chi connectivity index (χ0) is 12.4. The zero-order valence-electron chi connectivity index (χ0n) is 9.28. The minimum atomic E-state index is -0.271. The van der Waals surface area contributed by atoms with Crippen LogP contribution in [0.5, 0.6) is 0 Å². The molecule has 0 aliphatic rings. The van der Waals surface area contributed by atoms with Crippen LogP contribution in [0.25, 0.3) is 0 Å². The van der Waals surface area contributed by atoms with Crippen LogP contribution in [0.3, 0.4) is 0 Å². The molecule has 5 heteroatoms. The van der Waals surface area contributed by atoms with Crippen LogP contribution in [0.15, 0.2) is 23.7 Å². The van der Waals surface area contributed by atoms with Gasteiger partial charge in [-0.15, -0.1) is 11.3 Å². The van der Waals surface area contributed by atoms with E-state index in [2.05, 4.69) is 4.98 Å². The molecule has 0 aliphatic heterocycles. The summed E-state index contributed by atoms with van der Waals surface area (Å²) >= 11 is 7.33. The van der Waals surface area contributed by atoms with Crippen molar-refractivity contribution in [2.75, 3.05) is 0 Å². The molecule has 0 saturated heterocycles. The van der Waals surface area contributed by atoms with E-state index in [1.54, 1.807) is 11.6 Å². The molecule has 0 amide bonds. The minimum Gasteiger partial charge on any atom is -0.323 e. The molecule has 2 rings (SSSR count). The standard InChI is InChI=1S/C12H12ClFN2S/c1-7-12(17-6-16-7)11(15)5-8-4-9(13)2-3-10(8)14/h2-4,6,11H,5,15H2,1H3. The van der Waals surface area contributed by atoms with Gasteiger partial charge in [0, 0.05) is 15.9 Å². The summed E-state index contributed by atoms with van der Waals surface area (Å²) in [6.07, 6.45) is 0.426. The molecule has 90 valence electrons. The summed E-state index contributed by atoms with van der Waals surface area (Å²) in [6, 6.07) is 4.27. The number of hydrogen-bond donors (Lipinski definition) is 1. The molecule has 17 heavy (non-hydrogen) atoms. The van der Waals surface area contributed by atoms with E-state index in [-0.39, 0.29) is 11.9 Å². The highest BCUT2D eigenvalue weighted by atomic mass is 35.5. The lowest BCUT2D eigenvalue weighted by atomic mass is 10.0. The molecule has 1 heterocycles. The van der Waals surface area contributed by atoms with Crippen molar-refractivity contribution in [1.82, 2.24) is 4.98 Å². The second kappa shape index (κ2) is 5.12. The Morgan fingerprint density at radius 2 is 2.29 bits per heavy atom. The van der Waals surface area contributed by atoms with E-state index >= 15 is 0 Å². The fraction of sp³-hybridized carbons (Fsp3) is 0.250. The Hall–Kier alpha value is -0.970.